The molecule has 0 saturated heterocycles. The highest BCUT2D eigenvalue weighted by Crippen LogP contribution is 2.32. The van der Waals surface area contributed by atoms with E-state index in [0.717, 1.165) is 4.68 Å². The molecule has 1 aliphatic rings. The summed E-state index contributed by atoms with van der Waals surface area (Å²) in [5.74, 6) is -1.74. The molecule has 1 aromatic heterocycles. The highest BCUT2D eigenvalue weighted by molar-refractivity contribution is 5.96. The fourth-order valence-electron chi connectivity index (χ4n) is 2.53. The molecule has 2 heterocycles. The van der Waals surface area contributed by atoms with E-state index in [1.54, 1.807) is 6.07 Å². The molecule has 2 aromatic carbocycles. The lowest BCUT2D eigenvalue weighted by atomic mass is 10.2. The molecule has 0 aliphatic carbocycles. The van der Waals surface area contributed by atoms with Gasteiger partial charge in [0.2, 0.25) is 12.7 Å². The predicted octanol–water partition coefficient (Wildman–Crippen LogP) is 0.832. The molecule has 0 radical (unpaired) electrons. The van der Waals surface area contributed by atoms with Gasteiger partial charge in [0.15, 0.2) is 11.5 Å². The second-order valence-corrected chi connectivity index (χ2v) is 5.91. The van der Waals surface area contributed by atoms with Crippen molar-refractivity contribution in [1.82, 2.24) is 20.6 Å². The van der Waals surface area contributed by atoms with Crippen LogP contribution in [0.3, 0.4) is 0 Å². The maximum atomic E-state index is 13.0. The van der Waals surface area contributed by atoms with Crippen molar-refractivity contribution in [3.8, 4) is 23.0 Å². The van der Waals surface area contributed by atoms with E-state index in [1.807, 2.05) is 0 Å². The van der Waals surface area contributed by atoms with Crippen LogP contribution in [0.2, 0.25) is 0 Å². The minimum absolute atomic E-state index is 0.0628. The van der Waals surface area contributed by atoms with Gasteiger partial charge in [-0.2, -0.15) is 4.68 Å². The van der Waals surface area contributed by atoms with Gasteiger partial charge in [-0.05, 0) is 42.5 Å². The summed E-state index contributed by atoms with van der Waals surface area (Å²) in [5.41, 5.74) is 5.02. The number of halogens is 1. The number of hydrazine groups is 1. The molecular formula is C18H13FN4O6. The first-order valence-corrected chi connectivity index (χ1v) is 8.32. The summed E-state index contributed by atoms with van der Waals surface area (Å²) in [4.78, 5) is 36.0. The minimum atomic E-state index is -0.874. The van der Waals surface area contributed by atoms with Crippen molar-refractivity contribution in [2.45, 2.75) is 6.54 Å². The lowest BCUT2D eigenvalue weighted by molar-refractivity contribution is -0.122. The van der Waals surface area contributed by atoms with E-state index in [1.165, 1.54) is 36.4 Å². The molecule has 0 spiro atoms. The number of carbonyl (C=O) groups excluding carboxylic acids is 2. The van der Waals surface area contributed by atoms with Crippen LogP contribution in [0.5, 0.6) is 11.5 Å². The fraction of sp³-hybridized carbons (Fsp3) is 0.111. The molecule has 0 atom stereocenters. The Morgan fingerprint density at radius 1 is 1.07 bits per heavy atom. The number of benzene rings is 2. The summed E-state index contributed by atoms with van der Waals surface area (Å²) in [7, 11) is 0. The molecule has 148 valence electrons. The molecule has 29 heavy (non-hydrogen) atoms. The van der Waals surface area contributed by atoms with Crippen molar-refractivity contribution in [2.75, 3.05) is 6.79 Å². The van der Waals surface area contributed by atoms with E-state index >= 15 is 0 Å². The Labute approximate surface area is 161 Å². The third-order valence-corrected chi connectivity index (χ3v) is 3.94. The van der Waals surface area contributed by atoms with Crippen LogP contribution in [0.1, 0.15) is 10.4 Å². The monoisotopic (exact) mass is 400 g/mol. The summed E-state index contributed by atoms with van der Waals surface area (Å²) in [6.07, 6.45) is 0. The van der Waals surface area contributed by atoms with Crippen LogP contribution < -0.4 is 26.1 Å². The molecular weight excluding hydrogens is 387 g/mol. The standard InChI is InChI=1S/C18H13FN4O6/c19-12-4-1-10(2-5-12)17-22-23(18(26)29-17)8-15(24)20-21-16(25)11-3-6-13-14(7-11)28-9-27-13/h1-7H,8-9H2,(H,20,24)(H,21,25). The van der Waals surface area contributed by atoms with Crippen LogP contribution in [0, 0.1) is 5.82 Å². The second kappa shape index (κ2) is 7.46. The Kier molecular flexibility index (Phi) is 4.69. The van der Waals surface area contributed by atoms with Crippen LogP contribution in [0.25, 0.3) is 11.5 Å². The van der Waals surface area contributed by atoms with E-state index in [2.05, 4.69) is 16.0 Å². The van der Waals surface area contributed by atoms with Crippen molar-refractivity contribution in [1.29, 1.82) is 0 Å². The van der Waals surface area contributed by atoms with Crippen LogP contribution in [0.4, 0.5) is 4.39 Å². The number of ether oxygens (including phenoxy) is 2. The van der Waals surface area contributed by atoms with Crippen molar-refractivity contribution in [3.63, 3.8) is 0 Å². The van der Waals surface area contributed by atoms with Gasteiger partial charge in [0, 0.05) is 11.1 Å². The van der Waals surface area contributed by atoms with Crippen molar-refractivity contribution in [3.05, 3.63) is 64.4 Å². The first kappa shape index (κ1) is 18.2. The molecule has 4 rings (SSSR count). The number of fused-ring (bicyclic) bond motifs is 1. The molecule has 11 heteroatoms. The molecule has 2 amide bonds. The highest BCUT2D eigenvalue weighted by Gasteiger charge is 2.17. The quantitative estimate of drug-likeness (QED) is 0.622. The normalized spacial score (nSPS) is 11.9. The summed E-state index contributed by atoms with van der Waals surface area (Å²) in [6, 6.07) is 9.70. The van der Waals surface area contributed by atoms with Gasteiger partial charge in [0.25, 0.3) is 11.8 Å². The Balaban J connectivity index is 1.37. The molecule has 0 saturated carbocycles. The third kappa shape index (κ3) is 3.93. The molecule has 0 unspecified atom stereocenters. The number of hydrogen-bond donors (Lipinski definition) is 2. The Hall–Kier alpha value is -4.15. The van der Waals surface area contributed by atoms with Gasteiger partial charge in [-0.3, -0.25) is 20.4 Å². The average Bonchev–Trinajstić information content (AvgIpc) is 3.33. The Morgan fingerprint density at radius 2 is 1.83 bits per heavy atom. The van der Waals surface area contributed by atoms with Gasteiger partial charge < -0.3 is 13.9 Å². The smallest absolute Gasteiger partial charge is 0.437 e. The maximum absolute atomic E-state index is 13.0. The molecule has 0 fully saturated rings. The molecule has 0 bridgehead atoms. The van der Waals surface area contributed by atoms with E-state index in [0.29, 0.717) is 17.1 Å². The number of carbonyl (C=O) groups is 2. The maximum Gasteiger partial charge on any atom is 0.437 e. The number of hydrogen-bond acceptors (Lipinski definition) is 7. The third-order valence-electron chi connectivity index (χ3n) is 3.94. The molecule has 10 nitrogen and oxygen atoms in total. The van der Waals surface area contributed by atoms with Crippen LogP contribution >= 0.6 is 0 Å². The number of rotatable bonds is 4. The van der Waals surface area contributed by atoms with Crippen molar-refractivity contribution in [2.24, 2.45) is 0 Å². The van der Waals surface area contributed by atoms with E-state index in [9.17, 15) is 18.8 Å². The van der Waals surface area contributed by atoms with Gasteiger partial charge >= 0.3 is 5.76 Å². The van der Waals surface area contributed by atoms with Gasteiger partial charge in [0.05, 0.1) is 0 Å². The Bertz CT molecular complexity index is 1140. The van der Waals surface area contributed by atoms with Crippen LogP contribution in [0.15, 0.2) is 51.7 Å². The average molecular weight is 400 g/mol. The van der Waals surface area contributed by atoms with Crippen molar-refractivity contribution < 1.29 is 27.9 Å². The number of nitrogens with zero attached hydrogens (tertiary/aromatic N) is 2. The largest absolute Gasteiger partial charge is 0.454 e. The summed E-state index contributed by atoms with van der Waals surface area (Å²) in [5, 5.41) is 3.89. The van der Waals surface area contributed by atoms with Gasteiger partial charge in [-0.15, -0.1) is 5.10 Å². The first-order chi connectivity index (χ1) is 14.0. The Morgan fingerprint density at radius 3 is 2.62 bits per heavy atom. The number of aromatic nitrogens is 2. The van der Waals surface area contributed by atoms with E-state index < -0.39 is 29.9 Å². The lowest BCUT2D eigenvalue weighted by Gasteiger charge is -2.07. The highest BCUT2D eigenvalue weighted by atomic mass is 19.1. The SMILES string of the molecule is O=C(Cn1nc(-c2ccc(F)cc2)oc1=O)NNC(=O)c1ccc2c(c1)OCO2. The summed E-state index contributed by atoms with van der Waals surface area (Å²) >= 11 is 0. The minimum Gasteiger partial charge on any atom is -0.454 e. The number of nitrogens with one attached hydrogen (secondary N) is 2. The van der Waals surface area contributed by atoms with Gasteiger partial charge in [-0.25, -0.2) is 9.18 Å². The fourth-order valence-corrected chi connectivity index (χ4v) is 2.53. The predicted molar refractivity (Wildman–Crippen MR) is 94.3 cm³/mol. The summed E-state index contributed by atoms with van der Waals surface area (Å²) < 4.78 is 29.1. The zero-order chi connectivity index (χ0) is 20.4. The number of amides is 2. The lowest BCUT2D eigenvalue weighted by Crippen LogP contribution is -2.44. The first-order valence-electron chi connectivity index (χ1n) is 8.32. The molecule has 1 aliphatic heterocycles. The molecule has 3 aromatic rings. The van der Waals surface area contributed by atoms with Gasteiger partial charge in [-0.1, -0.05) is 0 Å². The topological polar surface area (TPSA) is 125 Å². The zero-order valence-corrected chi connectivity index (χ0v) is 14.7. The zero-order valence-electron chi connectivity index (χ0n) is 14.7. The van der Waals surface area contributed by atoms with Crippen LogP contribution in [-0.4, -0.2) is 28.4 Å². The van der Waals surface area contributed by atoms with Crippen molar-refractivity contribution >= 4 is 11.8 Å². The molecule has 2 N–H and O–H groups in total. The summed E-state index contributed by atoms with van der Waals surface area (Å²) in [6.45, 7) is -0.422. The van der Waals surface area contributed by atoms with E-state index in [4.69, 9.17) is 13.9 Å². The van der Waals surface area contributed by atoms with Gasteiger partial charge in [0.1, 0.15) is 12.4 Å². The van der Waals surface area contributed by atoms with E-state index in [-0.39, 0.29) is 18.2 Å². The second-order valence-electron chi connectivity index (χ2n) is 5.91. The van der Waals surface area contributed by atoms with Crippen LogP contribution in [-0.2, 0) is 11.3 Å².